The first kappa shape index (κ1) is 16.0. The summed E-state index contributed by atoms with van der Waals surface area (Å²) in [4.78, 5) is 14.4. The Morgan fingerprint density at radius 1 is 1.38 bits per heavy atom. The van der Waals surface area contributed by atoms with Gasteiger partial charge in [-0.1, -0.05) is 18.6 Å². The molecule has 0 aromatic heterocycles. The van der Waals surface area contributed by atoms with Gasteiger partial charge < -0.3 is 11.1 Å². The summed E-state index contributed by atoms with van der Waals surface area (Å²) in [5.41, 5.74) is 8.99. The normalized spacial score (nSPS) is 21.8. The molecule has 0 bridgehead atoms. The summed E-state index contributed by atoms with van der Waals surface area (Å²) >= 11 is 0. The van der Waals surface area contributed by atoms with Crippen molar-refractivity contribution in [3.63, 3.8) is 0 Å². The monoisotopic (exact) mass is 289 g/mol. The largest absolute Gasteiger partial charge is 0.330 e. The van der Waals surface area contributed by atoms with Crippen LogP contribution in [-0.4, -0.2) is 37.0 Å². The summed E-state index contributed by atoms with van der Waals surface area (Å²) in [5.74, 6) is 0.581. The van der Waals surface area contributed by atoms with Crippen LogP contribution in [0.25, 0.3) is 0 Å². The Bertz CT molecular complexity index is 501. The maximum absolute atomic E-state index is 12.3. The van der Waals surface area contributed by atoms with E-state index in [1.54, 1.807) is 0 Å². The molecule has 0 spiro atoms. The summed E-state index contributed by atoms with van der Waals surface area (Å²) in [6.45, 7) is 5.19. The van der Waals surface area contributed by atoms with Crippen LogP contribution in [0.15, 0.2) is 18.2 Å². The van der Waals surface area contributed by atoms with Gasteiger partial charge in [-0.05, 0) is 63.4 Å². The van der Waals surface area contributed by atoms with Crippen molar-refractivity contribution in [3.8, 4) is 0 Å². The van der Waals surface area contributed by atoms with Gasteiger partial charge in [0.25, 0.3) is 0 Å². The zero-order valence-corrected chi connectivity index (χ0v) is 13.4. The van der Waals surface area contributed by atoms with Crippen molar-refractivity contribution in [2.45, 2.75) is 39.2 Å². The lowest BCUT2D eigenvalue weighted by Crippen LogP contribution is -2.41. The number of nitrogens with two attached hydrogens (primary N) is 1. The Morgan fingerprint density at radius 3 is 2.86 bits per heavy atom. The number of hydrogen-bond acceptors (Lipinski definition) is 3. The van der Waals surface area contributed by atoms with Crippen molar-refractivity contribution in [2.24, 2.45) is 11.7 Å². The van der Waals surface area contributed by atoms with Gasteiger partial charge >= 0.3 is 0 Å². The molecular formula is C17H27N3O. The van der Waals surface area contributed by atoms with E-state index in [1.165, 1.54) is 12.8 Å². The zero-order valence-electron chi connectivity index (χ0n) is 13.4. The SMILES string of the molecule is Cc1ccc(C)c(NC(=O)CN(C)C2CCCC2CN)c1. The van der Waals surface area contributed by atoms with Crippen molar-refractivity contribution < 1.29 is 4.79 Å². The molecule has 1 aliphatic rings. The van der Waals surface area contributed by atoms with Crippen molar-refractivity contribution in [1.29, 1.82) is 0 Å². The Labute approximate surface area is 127 Å². The molecule has 0 saturated heterocycles. The van der Waals surface area contributed by atoms with Gasteiger partial charge in [0.2, 0.25) is 5.91 Å². The van der Waals surface area contributed by atoms with Crippen LogP contribution >= 0.6 is 0 Å². The van der Waals surface area contributed by atoms with E-state index in [0.717, 1.165) is 23.2 Å². The van der Waals surface area contributed by atoms with Crippen molar-refractivity contribution in [1.82, 2.24) is 4.90 Å². The number of aryl methyl sites for hydroxylation is 2. The number of carbonyl (C=O) groups is 1. The number of carbonyl (C=O) groups excluding carboxylic acids is 1. The van der Waals surface area contributed by atoms with Crippen LogP contribution < -0.4 is 11.1 Å². The van der Waals surface area contributed by atoms with Gasteiger partial charge in [0.1, 0.15) is 0 Å². The number of hydrogen-bond donors (Lipinski definition) is 2. The molecule has 1 amide bonds. The maximum Gasteiger partial charge on any atom is 0.238 e. The highest BCUT2D eigenvalue weighted by molar-refractivity contribution is 5.93. The Morgan fingerprint density at radius 2 is 2.14 bits per heavy atom. The second kappa shape index (κ2) is 7.05. The van der Waals surface area contributed by atoms with Gasteiger partial charge in [0, 0.05) is 11.7 Å². The number of rotatable bonds is 5. The van der Waals surface area contributed by atoms with Crippen LogP contribution in [0, 0.1) is 19.8 Å². The molecule has 1 aromatic carbocycles. The van der Waals surface area contributed by atoms with Crippen LogP contribution in [-0.2, 0) is 4.79 Å². The molecule has 2 unspecified atom stereocenters. The van der Waals surface area contributed by atoms with Gasteiger partial charge in [-0.3, -0.25) is 9.69 Å². The van der Waals surface area contributed by atoms with E-state index < -0.39 is 0 Å². The Balaban J connectivity index is 1.93. The van der Waals surface area contributed by atoms with E-state index in [-0.39, 0.29) is 5.91 Å². The van der Waals surface area contributed by atoms with Crippen molar-refractivity contribution >= 4 is 11.6 Å². The number of nitrogens with one attached hydrogen (secondary N) is 1. The van der Waals surface area contributed by atoms with Gasteiger partial charge in [-0.25, -0.2) is 0 Å². The molecule has 1 aromatic rings. The number of amides is 1. The number of likely N-dealkylation sites (N-methyl/N-ethyl adjacent to an activating group) is 1. The van der Waals surface area contributed by atoms with E-state index in [1.807, 2.05) is 33.0 Å². The Hall–Kier alpha value is -1.39. The number of nitrogens with zero attached hydrogens (tertiary/aromatic N) is 1. The fourth-order valence-corrected chi connectivity index (χ4v) is 3.28. The van der Waals surface area contributed by atoms with Crippen LogP contribution in [0.2, 0.25) is 0 Å². The minimum Gasteiger partial charge on any atom is -0.330 e. The third kappa shape index (κ3) is 4.05. The highest BCUT2D eigenvalue weighted by atomic mass is 16.2. The van der Waals surface area contributed by atoms with Gasteiger partial charge in [-0.2, -0.15) is 0 Å². The molecule has 4 nitrogen and oxygen atoms in total. The molecular weight excluding hydrogens is 262 g/mol. The maximum atomic E-state index is 12.3. The van der Waals surface area contributed by atoms with E-state index in [2.05, 4.69) is 16.3 Å². The lowest BCUT2D eigenvalue weighted by atomic mass is 10.0. The van der Waals surface area contributed by atoms with Crippen molar-refractivity contribution in [2.75, 3.05) is 25.5 Å². The smallest absolute Gasteiger partial charge is 0.238 e. The lowest BCUT2D eigenvalue weighted by molar-refractivity contribution is -0.117. The topological polar surface area (TPSA) is 58.4 Å². The third-order valence-electron chi connectivity index (χ3n) is 4.55. The average molecular weight is 289 g/mol. The highest BCUT2D eigenvalue weighted by Crippen LogP contribution is 2.28. The molecule has 3 N–H and O–H groups in total. The van der Waals surface area contributed by atoms with Gasteiger partial charge in [0.05, 0.1) is 6.54 Å². The molecule has 1 aliphatic carbocycles. The van der Waals surface area contributed by atoms with Gasteiger partial charge in [-0.15, -0.1) is 0 Å². The molecule has 0 radical (unpaired) electrons. The fraction of sp³-hybridized carbons (Fsp3) is 0.588. The molecule has 1 fully saturated rings. The first-order valence-electron chi connectivity index (χ1n) is 7.78. The molecule has 21 heavy (non-hydrogen) atoms. The lowest BCUT2D eigenvalue weighted by Gasteiger charge is -2.28. The van der Waals surface area contributed by atoms with Crippen LogP contribution in [0.3, 0.4) is 0 Å². The molecule has 2 rings (SSSR count). The summed E-state index contributed by atoms with van der Waals surface area (Å²) in [6, 6.07) is 6.56. The zero-order chi connectivity index (χ0) is 15.4. The fourth-order valence-electron chi connectivity index (χ4n) is 3.28. The predicted molar refractivity (Wildman–Crippen MR) is 87.4 cm³/mol. The first-order chi connectivity index (χ1) is 10.0. The van der Waals surface area contributed by atoms with Crippen LogP contribution in [0.4, 0.5) is 5.69 Å². The minimum atomic E-state index is 0.0499. The molecule has 0 aliphatic heterocycles. The van der Waals surface area contributed by atoms with Crippen LogP contribution in [0.5, 0.6) is 0 Å². The van der Waals surface area contributed by atoms with Gasteiger partial charge in [0.15, 0.2) is 0 Å². The summed E-state index contributed by atoms with van der Waals surface area (Å²) in [6.07, 6.45) is 3.55. The summed E-state index contributed by atoms with van der Waals surface area (Å²) < 4.78 is 0. The molecule has 116 valence electrons. The summed E-state index contributed by atoms with van der Waals surface area (Å²) in [5, 5.41) is 3.03. The van der Waals surface area contributed by atoms with Crippen molar-refractivity contribution in [3.05, 3.63) is 29.3 Å². The second-order valence-electron chi connectivity index (χ2n) is 6.28. The Kier molecular flexibility index (Phi) is 5.37. The molecule has 4 heteroatoms. The van der Waals surface area contributed by atoms with E-state index in [9.17, 15) is 4.79 Å². The van der Waals surface area contributed by atoms with E-state index in [4.69, 9.17) is 5.73 Å². The summed E-state index contributed by atoms with van der Waals surface area (Å²) in [7, 11) is 2.03. The third-order valence-corrected chi connectivity index (χ3v) is 4.55. The molecule has 2 atom stereocenters. The predicted octanol–water partition coefficient (Wildman–Crippen LogP) is 2.30. The average Bonchev–Trinajstić information content (AvgIpc) is 2.91. The standard InChI is InChI=1S/C17H27N3O/c1-12-7-8-13(2)15(9-12)19-17(21)11-20(3)16-6-4-5-14(16)10-18/h7-9,14,16H,4-6,10-11,18H2,1-3H3,(H,19,21). The first-order valence-corrected chi connectivity index (χ1v) is 7.78. The van der Waals surface area contributed by atoms with E-state index >= 15 is 0 Å². The molecule has 1 saturated carbocycles. The van der Waals surface area contributed by atoms with Crippen LogP contribution in [0.1, 0.15) is 30.4 Å². The number of anilines is 1. The second-order valence-corrected chi connectivity index (χ2v) is 6.28. The quantitative estimate of drug-likeness (QED) is 0.874. The van der Waals surface area contributed by atoms with E-state index in [0.29, 0.717) is 25.0 Å². The molecule has 0 heterocycles. The number of benzene rings is 1. The highest BCUT2D eigenvalue weighted by Gasteiger charge is 2.30. The minimum absolute atomic E-state index is 0.0499.